The molecule has 0 fully saturated rings. The summed E-state index contributed by atoms with van der Waals surface area (Å²) in [7, 11) is 6.39. The van der Waals surface area contributed by atoms with E-state index in [9.17, 15) is 0 Å². The van der Waals surface area contributed by atoms with Crippen molar-refractivity contribution in [3.63, 3.8) is 0 Å². The van der Waals surface area contributed by atoms with Crippen LogP contribution in [0.2, 0.25) is 0 Å². The second kappa shape index (κ2) is 8.11. The number of anilines is 1. The zero-order chi connectivity index (χ0) is 16.0. The molecular formula is C16H32N4S. The average molecular weight is 313 g/mol. The number of thiazole rings is 1. The minimum Gasteiger partial charge on any atom is -0.351 e. The Kier molecular flexibility index (Phi) is 7.10. The predicted octanol–water partition coefficient (Wildman–Crippen LogP) is 2.94. The summed E-state index contributed by atoms with van der Waals surface area (Å²) in [6, 6.07) is 0. The lowest BCUT2D eigenvalue weighted by Crippen LogP contribution is -2.23. The highest BCUT2D eigenvalue weighted by Gasteiger charge is 2.24. The van der Waals surface area contributed by atoms with Crippen LogP contribution in [0.4, 0.5) is 5.13 Å². The molecule has 1 rings (SSSR count). The third-order valence-corrected chi connectivity index (χ3v) is 4.53. The van der Waals surface area contributed by atoms with Crippen molar-refractivity contribution < 1.29 is 0 Å². The molecule has 1 aromatic heterocycles. The topological polar surface area (TPSA) is 31.4 Å². The number of hydrogen-bond donors (Lipinski definition) is 1. The fourth-order valence-electron chi connectivity index (χ4n) is 2.17. The van der Waals surface area contributed by atoms with Crippen LogP contribution in [0.5, 0.6) is 0 Å². The molecule has 1 heterocycles. The van der Waals surface area contributed by atoms with Gasteiger partial charge in [0.2, 0.25) is 0 Å². The van der Waals surface area contributed by atoms with Crippen LogP contribution in [-0.2, 0) is 12.0 Å². The highest BCUT2D eigenvalue weighted by Crippen LogP contribution is 2.33. The van der Waals surface area contributed by atoms with Gasteiger partial charge in [0.25, 0.3) is 0 Å². The molecule has 1 N–H and O–H groups in total. The number of aromatic nitrogens is 1. The van der Waals surface area contributed by atoms with E-state index >= 15 is 0 Å². The van der Waals surface area contributed by atoms with Gasteiger partial charge in [-0.2, -0.15) is 0 Å². The van der Waals surface area contributed by atoms with E-state index in [2.05, 4.69) is 64.0 Å². The molecule has 0 unspecified atom stereocenters. The molecule has 0 bridgehead atoms. The molecule has 0 saturated carbocycles. The Labute approximate surface area is 134 Å². The molecule has 1 aromatic rings. The molecule has 0 aliphatic rings. The SMILES string of the molecule is CCNCc1sc(N(C)CCCN(C)C)nc1C(C)(C)C. The van der Waals surface area contributed by atoms with Crippen LogP contribution >= 0.6 is 11.3 Å². The summed E-state index contributed by atoms with van der Waals surface area (Å²) < 4.78 is 0. The standard InChI is InChI=1S/C16H32N4S/c1-8-17-12-13-14(16(2,3)4)18-15(21-13)20(7)11-9-10-19(5)6/h17H,8-12H2,1-7H3. The minimum atomic E-state index is 0.101. The molecule has 0 aliphatic carbocycles. The van der Waals surface area contributed by atoms with Gasteiger partial charge in [-0.1, -0.05) is 27.7 Å². The number of hydrogen-bond acceptors (Lipinski definition) is 5. The Balaban J connectivity index is 2.80. The van der Waals surface area contributed by atoms with Gasteiger partial charge in [-0.15, -0.1) is 11.3 Å². The first-order chi connectivity index (χ1) is 9.75. The van der Waals surface area contributed by atoms with Crippen molar-refractivity contribution >= 4 is 16.5 Å². The maximum Gasteiger partial charge on any atom is 0.185 e. The van der Waals surface area contributed by atoms with Gasteiger partial charge in [0.05, 0.1) is 5.69 Å². The summed E-state index contributed by atoms with van der Waals surface area (Å²) in [6.07, 6.45) is 1.16. The van der Waals surface area contributed by atoms with E-state index < -0.39 is 0 Å². The van der Waals surface area contributed by atoms with Crippen molar-refractivity contribution in [2.75, 3.05) is 45.7 Å². The third kappa shape index (κ3) is 5.93. The van der Waals surface area contributed by atoms with Gasteiger partial charge in [-0.3, -0.25) is 0 Å². The molecule has 0 spiro atoms. The molecule has 0 aromatic carbocycles. The Morgan fingerprint density at radius 1 is 1.14 bits per heavy atom. The Hall–Kier alpha value is -0.650. The molecular weight excluding hydrogens is 280 g/mol. The van der Waals surface area contributed by atoms with Crippen molar-refractivity contribution in [2.45, 2.75) is 46.1 Å². The highest BCUT2D eigenvalue weighted by atomic mass is 32.1. The highest BCUT2D eigenvalue weighted by molar-refractivity contribution is 7.15. The molecule has 5 heteroatoms. The van der Waals surface area contributed by atoms with Crippen molar-refractivity contribution in [2.24, 2.45) is 0 Å². The van der Waals surface area contributed by atoms with Crippen molar-refractivity contribution in [1.82, 2.24) is 15.2 Å². The first kappa shape index (κ1) is 18.4. The third-order valence-electron chi connectivity index (χ3n) is 3.36. The Morgan fingerprint density at radius 3 is 2.33 bits per heavy atom. The fourth-order valence-corrected chi connectivity index (χ4v) is 3.39. The van der Waals surface area contributed by atoms with E-state index in [1.54, 1.807) is 0 Å². The summed E-state index contributed by atoms with van der Waals surface area (Å²) in [4.78, 5) is 10.8. The van der Waals surface area contributed by atoms with Gasteiger partial charge < -0.3 is 15.1 Å². The first-order valence-electron chi connectivity index (χ1n) is 7.82. The van der Waals surface area contributed by atoms with E-state index in [-0.39, 0.29) is 5.41 Å². The number of rotatable bonds is 8. The predicted molar refractivity (Wildman–Crippen MR) is 94.6 cm³/mol. The van der Waals surface area contributed by atoms with E-state index in [0.29, 0.717) is 0 Å². The van der Waals surface area contributed by atoms with E-state index in [1.165, 1.54) is 10.6 Å². The summed E-state index contributed by atoms with van der Waals surface area (Å²) in [5.41, 5.74) is 1.34. The van der Waals surface area contributed by atoms with Crippen LogP contribution in [0.25, 0.3) is 0 Å². The molecule has 4 nitrogen and oxygen atoms in total. The average Bonchev–Trinajstić information content (AvgIpc) is 2.79. The van der Waals surface area contributed by atoms with E-state index in [0.717, 1.165) is 37.7 Å². The summed E-state index contributed by atoms with van der Waals surface area (Å²) in [6.45, 7) is 13.0. The van der Waals surface area contributed by atoms with Gasteiger partial charge >= 0.3 is 0 Å². The number of nitrogens with one attached hydrogen (secondary N) is 1. The molecule has 0 atom stereocenters. The second-order valence-corrected chi connectivity index (χ2v) is 7.94. The second-order valence-electron chi connectivity index (χ2n) is 6.88. The lowest BCUT2D eigenvalue weighted by molar-refractivity contribution is 0.401. The van der Waals surface area contributed by atoms with Crippen LogP contribution < -0.4 is 10.2 Å². The van der Waals surface area contributed by atoms with E-state index in [4.69, 9.17) is 4.98 Å². The largest absolute Gasteiger partial charge is 0.351 e. The van der Waals surface area contributed by atoms with Gasteiger partial charge in [0.15, 0.2) is 5.13 Å². The van der Waals surface area contributed by atoms with Crippen LogP contribution in [0, 0.1) is 0 Å². The van der Waals surface area contributed by atoms with Gasteiger partial charge in [0, 0.05) is 30.4 Å². The lowest BCUT2D eigenvalue weighted by atomic mass is 9.91. The maximum atomic E-state index is 4.92. The van der Waals surface area contributed by atoms with Crippen molar-refractivity contribution in [1.29, 1.82) is 0 Å². The minimum absolute atomic E-state index is 0.101. The smallest absolute Gasteiger partial charge is 0.185 e. The molecule has 0 amide bonds. The van der Waals surface area contributed by atoms with Gasteiger partial charge in [-0.05, 0) is 33.6 Å². The zero-order valence-electron chi connectivity index (χ0n) is 14.8. The normalized spacial score (nSPS) is 12.2. The molecule has 0 aliphatic heterocycles. The summed E-state index contributed by atoms with van der Waals surface area (Å²) in [5, 5.41) is 4.58. The van der Waals surface area contributed by atoms with Gasteiger partial charge in [-0.25, -0.2) is 4.98 Å². The Bertz CT molecular complexity index is 420. The first-order valence-corrected chi connectivity index (χ1v) is 8.64. The molecule has 0 saturated heterocycles. The monoisotopic (exact) mass is 312 g/mol. The van der Waals surface area contributed by atoms with Crippen molar-refractivity contribution in [3.05, 3.63) is 10.6 Å². The summed E-state index contributed by atoms with van der Waals surface area (Å²) in [5.74, 6) is 0. The summed E-state index contributed by atoms with van der Waals surface area (Å²) >= 11 is 1.83. The van der Waals surface area contributed by atoms with Crippen LogP contribution in [-0.4, -0.2) is 50.7 Å². The molecule has 21 heavy (non-hydrogen) atoms. The van der Waals surface area contributed by atoms with E-state index in [1.807, 2.05) is 11.3 Å². The van der Waals surface area contributed by atoms with Crippen LogP contribution in [0.3, 0.4) is 0 Å². The molecule has 0 radical (unpaired) electrons. The van der Waals surface area contributed by atoms with Gasteiger partial charge in [0.1, 0.15) is 0 Å². The van der Waals surface area contributed by atoms with Crippen LogP contribution in [0.1, 0.15) is 44.7 Å². The Morgan fingerprint density at radius 2 is 1.81 bits per heavy atom. The number of nitrogens with zero attached hydrogens (tertiary/aromatic N) is 3. The zero-order valence-corrected chi connectivity index (χ0v) is 15.6. The molecule has 122 valence electrons. The fraction of sp³-hybridized carbons (Fsp3) is 0.812. The maximum absolute atomic E-state index is 4.92. The van der Waals surface area contributed by atoms with Crippen LogP contribution in [0.15, 0.2) is 0 Å². The lowest BCUT2D eigenvalue weighted by Gasteiger charge is -2.19. The van der Waals surface area contributed by atoms with Crippen molar-refractivity contribution in [3.8, 4) is 0 Å². The quantitative estimate of drug-likeness (QED) is 0.800.